The van der Waals surface area contributed by atoms with Crippen molar-refractivity contribution in [3.8, 4) is 0 Å². The molecule has 1 aromatic rings. The highest BCUT2D eigenvalue weighted by Gasteiger charge is 2.19. The molecule has 16 heavy (non-hydrogen) atoms. The Hall–Kier alpha value is -0.930. The highest BCUT2D eigenvalue weighted by atomic mass is 19.1. The summed E-state index contributed by atoms with van der Waals surface area (Å²) >= 11 is 0. The van der Waals surface area contributed by atoms with E-state index < -0.39 is 0 Å². The van der Waals surface area contributed by atoms with Gasteiger partial charge in [0.25, 0.3) is 0 Å². The Balaban J connectivity index is 2.98. The summed E-state index contributed by atoms with van der Waals surface area (Å²) < 4.78 is 13.5. The number of rotatable bonds is 5. The number of hydrogen-bond donors (Lipinski definition) is 2. The number of aryl methyl sites for hydroxylation is 1. The van der Waals surface area contributed by atoms with Crippen LogP contribution in [0.15, 0.2) is 18.2 Å². The van der Waals surface area contributed by atoms with Crippen LogP contribution in [0.1, 0.15) is 43.9 Å². The van der Waals surface area contributed by atoms with Crippen LogP contribution >= 0.6 is 0 Å². The zero-order valence-electron chi connectivity index (χ0n) is 10.3. The number of nitrogens with two attached hydrogens (primary N) is 1. The van der Waals surface area contributed by atoms with Gasteiger partial charge in [-0.1, -0.05) is 38.8 Å². The summed E-state index contributed by atoms with van der Waals surface area (Å²) in [5, 5.41) is 0. The van der Waals surface area contributed by atoms with E-state index >= 15 is 0 Å². The Labute approximate surface area is 97.0 Å². The Bertz CT molecular complexity index is 335. The lowest BCUT2D eigenvalue weighted by Crippen LogP contribution is -2.33. The molecule has 0 radical (unpaired) electrons. The average molecular weight is 224 g/mol. The number of hydrogen-bond acceptors (Lipinski definition) is 2. The molecule has 1 rings (SSSR count). The Morgan fingerprint density at radius 1 is 1.31 bits per heavy atom. The molecule has 2 nitrogen and oxygen atoms in total. The molecule has 0 heterocycles. The van der Waals surface area contributed by atoms with Crippen molar-refractivity contribution in [3.63, 3.8) is 0 Å². The van der Waals surface area contributed by atoms with Crippen LogP contribution in [0, 0.1) is 18.7 Å². The van der Waals surface area contributed by atoms with Crippen LogP contribution in [0.25, 0.3) is 0 Å². The summed E-state index contributed by atoms with van der Waals surface area (Å²) in [5.41, 5.74) is 4.40. The summed E-state index contributed by atoms with van der Waals surface area (Å²) in [6.07, 6.45) is 2.06. The van der Waals surface area contributed by atoms with Gasteiger partial charge in [0.2, 0.25) is 0 Å². The molecule has 1 unspecified atom stereocenters. The first-order valence-electron chi connectivity index (χ1n) is 5.86. The molecule has 0 saturated heterocycles. The van der Waals surface area contributed by atoms with Gasteiger partial charge in [-0.2, -0.15) is 0 Å². The van der Waals surface area contributed by atoms with Crippen molar-refractivity contribution < 1.29 is 4.39 Å². The lowest BCUT2D eigenvalue weighted by atomic mass is 9.89. The molecule has 0 bridgehead atoms. The standard InChI is InChI=1S/C13H21FN2/c1-4-10(5-2)13(16-15)11-7-6-9(3)12(14)8-11/h6-8,10,13,16H,4-5,15H2,1-3H3. The zero-order valence-corrected chi connectivity index (χ0v) is 10.3. The van der Waals surface area contributed by atoms with E-state index in [0.29, 0.717) is 11.5 Å². The third-order valence-corrected chi connectivity index (χ3v) is 3.25. The van der Waals surface area contributed by atoms with E-state index in [1.807, 2.05) is 6.07 Å². The van der Waals surface area contributed by atoms with Gasteiger partial charge in [-0.15, -0.1) is 0 Å². The van der Waals surface area contributed by atoms with E-state index in [9.17, 15) is 4.39 Å². The van der Waals surface area contributed by atoms with Crippen LogP contribution in [0.4, 0.5) is 4.39 Å². The lowest BCUT2D eigenvalue weighted by molar-refractivity contribution is 0.344. The topological polar surface area (TPSA) is 38.0 Å². The van der Waals surface area contributed by atoms with E-state index in [2.05, 4.69) is 19.3 Å². The number of benzene rings is 1. The molecular weight excluding hydrogens is 203 g/mol. The third kappa shape index (κ3) is 2.80. The molecule has 0 fully saturated rings. The first kappa shape index (κ1) is 13.1. The quantitative estimate of drug-likeness (QED) is 0.596. The van der Waals surface area contributed by atoms with Gasteiger partial charge in [-0.25, -0.2) is 4.39 Å². The number of halogens is 1. The molecule has 0 saturated carbocycles. The zero-order chi connectivity index (χ0) is 12.1. The Kier molecular flexibility index (Phi) is 4.90. The molecule has 0 aliphatic carbocycles. The van der Waals surface area contributed by atoms with Crippen molar-refractivity contribution in [1.29, 1.82) is 0 Å². The van der Waals surface area contributed by atoms with Gasteiger partial charge >= 0.3 is 0 Å². The molecule has 0 spiro atoms. The summed E-state index contributed by atoms with van der Waals surface area (Å²) in [7, 11) is 0. The Morgan fingerprint density at radius 2 is 1.94 bits per heavy atom. The van der Waals surface area contributed by atoms with E-state index in [1.165, 1.54) is 0 Å². The highest BCUT2D eigenvalue weighted by Crippen LogP contribution is 2.27. The first-order valence-corrected chi connectivity index (χ1v) is 5.86. The van der Waals surface area contributed by atoms with Crippen molar-refractivity contribution in [2.24, 2.45) is 11.8 Å². The molecular formula is C13H21FN2. The van der Waals surface area contributed by atoms with Gasteiger partial charge < -0.3 is 0 Å². The summed E-state index contributed by atoms with van der Waals surface area (Å²) in [5.74, 6) is 5.85. The van der Waals surface area contributed by atoms with Crippen molar-refractivity contribution >= 4 is 0 Å². The van der Waals surface area contributed by atoms with Crippen LogP contribution in [0.5, 0.6) is 0 Å². The van der Waals surface area contributed by atoms with Gasteiger partial charge in [0.15, 0.2) is 0 Å². The van der Waals surface area contributed by atoms with Gasteiger partial charge in [0.1, 0.15) is 5.82 Å². The normalized spacial score (nSPS) is 13.1. The number of nitrogens with one attached hydrogen (secondary N) is 1. The monoisotopic (exact) mass is 224 g/mol. The minimum atomic E-state index is -0.163. The first-order chi connectivity index (χ1) is 7.63. The maximum absolute atomic E-state index is 13.5. The van der Waals surface area contributed by atoms with Crippen LogP contribution in [-0.2, 0) is 0 Å². The fraction of sp³-hybridized carbons (Fsp3) is 0.538. The predicted octanol–water partition coefficient (Wildman–Crippen LogP) is 3.07. The molecule has 0 aliphatic rings. The maximum atomic E-state index is 13.5. The molecule has 1 aromatic carbocycles. The predicted molar refractivity (Wildman–Crippen MR) is 65.3 cm³/mol. The van der Waals surface area contributed by atoms with Crippen LogP contribution in [-0.4, -0.2) is 0 Å². The SMILES string of the molecule is CCC(CC)C(NN)c1ccc(C)c(F)c1. The van der Waals surface area contributed by atoms with E-state index in [-0.39, 0.29) is 11.9 Å². The molecule has 90 valence electrons. The molecule has 1 atom stereocenters. The van der Waals surface area contributed by atoms with Crippen LogP contribution in [0.3, 0.4) is 0 Å². The second kappa shape index (κ2) is 5.97. The number of hydrazine groups is 1. The van der Waals surface area contributed by atoms with Crippen molar-refractivity contribution in [3.05, 3.63) is 35.1 Å². The summed E-state index contributed by atoms with van der Waals surface area (Å²) in [6.45, 7) is 6.02. The van der Waals surface area contributed by atoms with Crippen molar-refractivity contribution in [2.45, 2.75) is 39.7 Å². The molecule has 0 amide bonds. The smallest absolute Gasteiger partial charge is 0.126 e. The highest BCUT2D eigenvalue weighted by molar-refractivity contribution is 5.26. The molecule has 3 N–H and O–H groups in total. The second-order valence-electron chi connectivity index (χ2n) is 4.23. The maximum Gasteiger partial charge on any atom is 0.126 e. The Morgan fingerprint density at radius 3 is 2.38 bits per heavy atom. The molecule has 3 heteroatoms. The van der Waals surface area contributed by atoms with Crippen LogP contribution < -0.4 is 11.3 Å². The largest absolute Gasteiger partial charge is 0.271 e. The fourth-order valence-corrected chi connectivity index (χ4v) is 2.07. The lowest BCUT2D eigenvalue weighted by Gasteiger charge is -2.25. The van der Waals surface area contributed by atoms with Gasteiger partial charge in [0.05, 0.1) is 0 Å². The van der Waals surface area contributed by atoms with Gasteiger partial charge in [-0.05, 0) is 30.0 Å². The summed E-state index contributed by atoms with van der Waals surface area (Å²) in [4.78, 5) is 0. The molecule has 0 aromatic heterocycles. The minimum Gasteiger partial charge on any atom is -0.271 e. The van der Waals surface area contributed by atoms with Crippen LogP contribution in [0.2, 0.25) is 0 Å². The van der Waals surface area contributed by atoms with Crippen molar-refractivity contribution in [2.75, 3.05) is 0 Å². The van der Waals surface area contributed by atoms with Gasteiger partial charge in [0, 0.05) is 6.04 Å². The van der Waals surface area contributed by atoms with E-state index in [1.54, 1.807) is 19.1 Å². The second-order valence-corrected chi connectivity index (χ2v) is 4.23. The fourth-order valence-electron chi connectivity index (χ4n) is 2.07. The third-order valence-electron chi connectivity index (χ3n) is 3.25. The van der Waals surface area contributed by atoms with Gasteiger partial charge in [-0.3, -0.25) is 11.3 Å². The van der Waals surface area contributed by atoms with E-state index in [4.69, 9.17) is 5.84 Å². The van der Waals surface area contributed by atoms with Crippen molar-refractivity contribution in [1.82, 2.24) is 5.43 Å². The average Bonchev–Trinajstić information content (AvgIpc) is 2.29. The molecule has 0 aliphatic heterocycles. The van der Waals surface area contributed by atoms with E-state index in [0.717, 1.165) is 18.4 Å². The minimum absolute atomic E-state index is 0.0325. The summed E-state index contributed by atoms with van der Waals surface area (Å²) in [6, 6.07) is 5.36.